The Hall–Kier alpha value is -1.77. The molecule has 10 heteroatoms. The Morgan fingerprint density at radius 1 is 0.345 bits per heavy atom. The monoisotopic (exact) mass is 1250 g/mol. The Morgan fingerprint density at radius 3 is 0.885 bits per heavy atom. The van der Waals surface area contributed by atoms with E-state index in [4.69, 9.17) is 24.3 Å². The molecule has 0 aliphatic heterocycles. The van der Waals surface area contributed by atoms with Crippen LogP contribution in [0.4, 0.5) is 0 Å². The summed E-state index contributed by atoms with van der Waals surface area (Å²) in [6.45, 7) is 3.82. The Balaban J connectivity index is 3.74. The summed E-state index contributed by atoms with van der Waals surface area (Å²) in [6.07, 6.45) is 92.8. The van der Waals surface area contributed by atoms with E-state index in [0.29, 0.717) is 6.42 Å². The number of phosphoric acid groups is 1. The molecule has 0 amide bonds. The Bertz CT molecular complexity index is 1520. The van der Waals surface area contributed by atoms with Crippen LogP contribution in [-0.2, 0) is 32.7 Å². The van der Waals surface area contributed by atoms with Gasteiger partial charge in [-0.05, 0) is 51.4 Å². The predicted octanol–water partition coefficient (Wildman–Crippen LogP) is 25.4. The molecule has 3 N–H and O–H groups in total. The molecule has 0 fully saturated rings. The van der Waals surface area contributed by atoms with Crippen molar-refractivity contribution in [1.29, 1.82) is 0 Å². The topological polar surface area (TPSA) is 134 Å². The van der Waals surface area contributed by atoms with Gasteiger partial charge in [0.15, 0.2) is 6.10 Å². The van der Waals surface area contributed by atoms with Gasteiger partial charge in [0.25, 0.3) is 0 Å². The number of esters is 2. The third-order valence-electron chi connectivity index (χ3n) is 17.5. The van der Waals surface area contributed by atoms with Gasteiger partial charge in [-0.3, -0.25) is 18.6 Å². The van der Waals surface area contributed by atoms with Gasteiger partial charge in [-0.15, -0.1) is 0 Å². The van der Waals surface area contributed by atoms with E-state index in [2.05, 4.69) is 50.3 Å². The number of nitrogens with two attached hydrogens (primary N) is 1. The quantitative estimate of drug-likeness (QED) is 0.0264. The lowest BCUT2D eigenvalue weighted by atomic mass is 10.0. The summed E-state index contributed by atoms with van der Waals surface area (Å²) in [5.41, 5.74) is 5.41. The average molecular weight is 1250 g/mol. The SMILES string of the molecule is CCCCCCC/C=C\C/C=C\C/C=C\CCCCCCCCCCCCCCCCCCCCCCCCCCCCC(=O)OC(COC(=O)CCCCCCCCCCCCCCCCCCCCCCCCCCC)COP(=O)(O)OCCN. The van der Waals surface area contributed by atoms with E-state index < -0.39 is 26.5 Å². The zero-order valence-corrected chi connectivity index (χ0v) is 58.9. The van der Waals surface area contributed by atoms with Gasteiger partial charge in [0.2, 0.25) is 0 Å². The van der Waals surface area contributed by atoms with Gasteiger partial charge in [-0.25, -0.2) is 4.57 Å². The molecule has 0 aliphatic carbocycles. The second kappa shape index (κ2) is 73.3. The van der Waals surface area contributed by atoms with Crippen molar-refractivity contribution in [1.82, 2.24) is 0 Å². The third-order valence-corrected chi connectivity index (χ3v) is 18.5. The Labute approximate surface area is 541 Å². The normalized spacial score (nSPS) is 13.0. The summed E-state index contributed by atoms with van der Waals surface area (Å²) in [4.78, 5) is 35.4. The van der Waals surface area contributed by atoms with Crippen LogP contribution in [0.3, 0.4) is 0 Å². The number of hydrogen-bond donors (Lipinski definition) is 2. The lowest BCUT2D eigenvalue weighted by Crippen LogP contribution is -2.29. The van der Waals surface area contributed by atoms with Crippen molar-refractivity contribution < 1.29 is 37.6 Å². The maximum absolute atomic E-state index is 12.8. The first kappa shape index (κ1) is 85.2. The first-order valence-electron chi connectivity index (χ1n) is 38.5. The predicted molar refractivity (Wildman–Crippen MR) is 377 cm³/mol. The van der Waals surface area contributed by atoms with Gasteiger partial charge in [0.05, 0.1) is 13.2 Å². The van der Waals surface area contributed by atoms with Gasteiger partial charge in [0.1, 0.15) is 6.61 Å². The number of rotatable bonds is 74. The second-order valence-electron chi connectivity index (χ2n) is 26.2. The standard InChI is InChI=1S/C77H148NO8P/c1-3-5-7-9-11-13-15-17-19-21-23-25-27-29-30-31-32-33-34-35-36-37-38-39-40-41-42-43-44-46-48-50-52-54-56-58-60-62-64-66-68-70-77(80)86-75(74-85-87(81,82)84-72-71-78)73-83-76(79)69-67-65-63-61-59-57-55-53-51-49-47-45-28-26-24-22-20-18-16-14-12-10-8-6-4-2/h15,17,21,23,27,29,75H,3-14,16,18-20,22,24-26,28,30-74,78H2,1-2H3,(H,81,82)/b17-15-,23-21-,29-27-. The summed E-state index contributed by atoms with van der Waals surface area (Å²) in [5.74, 6) is -0.800. The Kier molecular flexibility index (Phi) is 71.8. The van der Waals surface area contributed by atoms with Crippen LogP contribution in [0.1, 0.15) is 412 Å². The van der Waals surface area contributed by atoms with Crippen molar-refractivity contribution >= 4 is 19.8 Å². The van der Waals surface area contributed by atoms with Crippen LogP contribution in [0, 0.1) is 0 Å². The number of ether oxygens (including phenoxy) is 2. The molecule has 2 unspecified atom stereocenters. The van der Waals surface area contributed by atoms with Crippen molar-refractivity contribution in [2.45, 2.75) is 418 Å². The summed E-state index contributed by atoms with van der Waals surface area (Å²) in [7, 11) is -4.39. The van der Waals surface area contributed by atoms with Gasteiger partial charge < -0.3 is 20.1 Å². The van der Waals surface area contributed by atoms with Crippen LogP contribution in [0.5, 0.6) is 0 Å². The zero-order valence-electron chi connectivity index (χ0n) is 58.0. The van der Waals surface area contributed by atoms with Gasteiger partial charge in [0, 0.05) is 19.4 Å². The maximum atomic E-state index is 12.8. The molecule has 87 heavy (non-hydrogen) atoms. The fraction of sp³-hybridized carbons (Fsp3) is 0.896. The molecule has 0 aromatic carbocycles. The largest absolute Gasteiger partial charge is 0.472 e. The minimum absolute atomic E-state index is 0.0572. The number of carbonyl (C=O) groups is 2. The minimum Gasteiger partial charge on any atom is -0.462 e. The first-order chi connectivity index (χ1) is 42.8. The van der Waals surface area contributed by atoms with Crippen LogP contribution >= 0.6 is 7.82 Å². The number of hydrogen-bond acceptors (Lipinski definition) is 8. The third kappa shape index (κ3) is 73.2. The molecule has 0 saturated carbocycles. The van der Waals surface area contributed by atoms with E-state index in [1.54, 1.807) is 0 Å². The van der Waals surface area contributed by atoms with Crippen LogP contribution in [0.15, 0.2) is 36.5 Å². The highest BCUT2D eigenvalue weighted by atomic mass is 31.2. The fourth-order valence-corrected chi connectivity index (χ4v) is 12.6. The van der Waals surface area contributed by atoms with Crippen molar-refractivity contribution in [3.8, 4) is 0 Å². The van der Waals surface area contributed by atoms with Crippen molar-refractivity contribution in [3.63, 3.8) is 0 Å². The summed E-state index contributed by atoms with van der Waals surface area (Å²) >= 11 is 0. The van der Waals surface area contributed by atoms with E-state index in [-0.39, 0.29) is 38.6 Å². The average Bonchev–Trinajstić information content (AvgIpc) is 3.65. The lowest BCUT2D eigenvalue weighted by Gasteiger charge is -2.19. The molecule has 9 nitrogen and oxygen atoms in total. The van der Waals surface area contributed by atoms with E-state index >= 15 is 0 Å². The summed E-state index contributed by atoms with van der Waals surface area (Å²) in [6, 6.07) is 0. The summed E-state index contributed by atoms with van der Waals surface area (Å²) < 4.78 is 33.2. The smallest absolute Gasteiger partial charge is 0.462 e. The maximum Gasteiger partial charge on any atom is 0.472 e. The minimum atomic E-state index is -4.39. The van der Waals surface area contributed by atoms with Crippen molar-refractivity contribution in [2.75, 3.05) is 26.4 Å². The molecule has 0 aromatic rings. The highest BCUT2D eigenvalue weighted by molar-refractivity contribution is 7.47. The van der Waals surface area contributed by atoms with E-state index in [9.17, 15) is 19.0 Å². The molecule has 0 spiro atoms. The second-order valence-corrected chi connectivity index (χ2v) is 27.7. The van der Waals surface area contributed by atoms with Crippen LogP contribution in [-0.4, -0.2) is 49.3 Å². The zero-order chi connectivity index (χ0) is 63.0. The summed E-state index contributed by atoms with van der Waals surface area (Å²) in [5, 5.41) is 0. The van der Waals surface area contributed by atoms with Crippen molar-refractivity contribution in [3.05, 3.63) is 36.5 Å². The lowest BCUT2D eigenvalue weighted by molar-refractivity contribution is -0.161. The number of unbranched alkanes of at least 4 members (excludes halogenated alkanes) is 55. The fourth-order valence-electron chi connectivity index (χ4n) is 11.8. The highest BCUT2D eigenvalue weighted by Crippen LogP contribution is 2.43. The molecule has 0 aromatic heterocycles. The molecule has 0 aliphatic rings. The molecule has 0 rings (SSSR count). The van der Waals surface area contributed by atoms with Crippen LogP contribution in [0.25, 0.3) is 0 Å². The van der Waals surface area contributed by atoms with E-state index in [0.717, 1.165) is 44.9 Å². The van der Waals surface area contributed by atoms with E-state index in [1.807, 2.05) is 0 Å². The molecular weight excluding hydrogens is 1100 g/mol. The van der Waals surface area contributed by atoms with Crippen LogP contribution in [0.2, 0.25) is 0 Å². The van der Waals surface area contributed by atoms with Crippen molar-refractivity contribution in [2.24, 2.45) is 5.73 Å². The van der Waals surface area contributed by atoms with Gasteiger partial charge >= 0.3 is 19.8 Å². The number of phosphoric ester groups is 1. The molecule has 2 atom stereocenters. The number of allylic oxidation sites excluding steroid dienone is 6. The molecule has 0 heterocycles. The molecule has 0 radical (unpaired) electrons. The molecular formula is C77H148NO8P. The van der Waals surface area contributed by atoms with Gasteiger partial charge in [-0.1, -0.05) is 384 Å². The van der Waals surface area contributed by atoms with Gasteiger partial charge in [-0.2, -0.15) is 0 Å². The highest BCUT2D eigenvalue weighted by Gasteiger charge is 2.26. The molecule has 514 valence electrons. The Morgan fingerprint density at radius 2 is 0.598 bits per heavy atom. The van der Waals surface area contributed by atoms with Crippen LogP contribution < -0.4 is 5.73 Å². The first-order valence-corrected chi connectivity index (χ1v) is 40.0. The van der Waals surface area contributed by atoms with E-state index in [1.165, 1.54) is 334 Å². The molecule has 0 saturated heterocycles. The molecule has 0 bridgehead atoms. The number of carbonyl (C=O) groups excluding carboxylic acids is 2.